The predicted molar refractivity (Wildman–Crippen MR) is 100 cm³/mol. The summed E-state index contributed by atoms with van der Waals surface area (Å²) in [6.07, 6.45) is 4.91. The van der Waals surface area contributed by atoms with E-state index in [4.69, 9.17) is 9.47 Å². The molecule has 1 rings (SSSR count). The lowest BCUT2D eigenvalue weighted by Crippen LogP contribution is -2.44. The Morgan fingerprint density at radius 2 is 1.48 bits per heavy atom. The average molecular weight is 355 g/mol. The van der Waals surface area contributed by atoms with E-state index in [2.05, 4.69) is 41.5 Å². The molecule has 0 amide bonds. The van der Waals surface area contributed by atoms with E-state index in [0.717, 1.165) is 32.1 Å². The van der Waals surface area contributed by atoms with Crippen molar-refractivity contribution in [2.75, 3.05) is 6.61 Å². The van der Waals surface area contributed by atoms with E-state index in [1.807, 2.05) is 13.8 Å². The normalized spacial score (nSPS) is 20.0. The number of rotatable bonds is 6. The Bertz CT molecular complexity index is 475. The molecule has 1 atom stereocenters. The molecule has 0 N–H and O–H groups in total. The highest BCUT2D eigenvalue weighted by Crippen LogP contribution is 2.47. The first kappa shape index (κ1) is 22.0. The lowest BCUT2D eigenvalue weighted by Gasteiger charge is -2.43. The molecular weight excluding hydrogens is 316 g/mol. The van der Waals surface area contributed by atoms with Crippen LogP contribution in [0.5, 0.6) is 0 Å². The van der Waals surface area contributed by atoms with Crippen LogP contribution >= 0.6 is 0 Å². The summed E-state index contributed by atoms with van der Waals surface area (Å²) in [4.78, 5) is 24.9. The Labute approximate surface area is 154 Å². The van der Waals surface area contributed by atoms with Crippen molar-refractivity contribution in [1.29, 1.82) is 0 Å². The van der Waals surface area contributed by atoms with Crippen molar-refractivity contribution < 1.29 is 19.1 Å². The van der Waals surface area contributed by atoms with Crippen LogP contribution in [0.15, 0.2) is 0 Å². The average Bonchev–Trinajstić information content (AvgIpc) is 2.81. The maximum atomic E-state index is 12.8. The zero-order valence-corrected chi connectivity index (χ0v) is 17.6. The Morgan fingerprint density at radius 1 is 0.960 bits per heavy atom. The molecule has 0 aromatic heterocycles. The van der Waals surface area contributed by atoms with Crippen molar-refractivity contribution in [3.63, 3.8) is 0 Å². The quantitative estimate of drug-likeness (QED) is 0.609. The fourth-order valence-corrected chi connectivity index (χ4v) is 3.64. The molecule has 0 aromatic carbocycles. The van der Waals surface area contributed by atoms with Gasteiger partial charge in [0.15, 0.2) is 0 Å². The SMILES string of the molecule is CC(C)(C)CC(C)(C(=O)OCCC(=O)OC1(C)CCCC1)C(C)(C)C. The van der Waals surface area contributed by atoms with Gasteiger partial charge in [0.05, 0.1) is 11.8 Å². The molecule has 0 saturated heterocycles. The van der Waals surface area contributed by atoms with Crippen molar-refractivity contribution in [3.05, 3.63) is 0 Å². The minimum Gasteiger partial charge on any atom is -0.465 e. The third kappa shape index (κ3) is 6.31. The van der Waals surface area contributed by atoms with Crippen LogP contribution in [0.2, 0.25) is 0 Å². The zero-order chi connectivity index (χ0) is 19.5. The molecule has 25 heavy (non-hydrogen) atoms. The molecule has 0 radical (unpaired) electrons. The summed E-state index contributed by atoms with van der Waals surface area (Å²) in [6, 6.07) is 0. The van der Waals surface area contributed by atoms with Gasteiger partial charge in [-0.2, -0.15) is 0 Å². The van der Waals surface area contributed by atoms with Crippen LogP contribution in [0.4, 0.5) is 0 Å². The topological polar surface area (TPSA) is 52.6 Å². The van der Waals surface area contributed by atoms with Crippen LogP contribution in [0.1, 0.15) is 93.9 Å². The molecule has 4 nitrogen and oxygen atoms in total. The minimum absolute atomic E-state index is 0.0110. The highest BCUT2D eigenvalue weighted by molar-refractivity contribution is 5.78. The van der Waals surface area contributed by atoms with Gasteiger partial charge in [0.2, 0.25) is 0 Å². The molecular formula is C21H38O4. The van der Waals surface area contributed by atoms with Gasteiger partial charge in [-0.15, -0.1) is 0 Å². The molecule has 0 spiro atoms. The Kier molecular flexibility index (Phi) is 6.75. The number of hydrogen-bond acceptors (Lipinski definition) is 4. The summed E-state index contributed by atoms with van der Waals surface area (Å²) in [6.45, 7) is 16.6. The Balaban J connectivity index is 2.59. The fourth-order valence-electron chi connectivity index (χ4n) is 3.64. The van der Waals surface area contributed by atoms with E-state index in [0.29, 0.717) is 0 Å². The summed E-state index contributed by atoms with van der Waals surface area (Å²) in [7, 11) is 0. The second-order valence-electron chi connectivity index (χ2n) is 10.3. The number of carbonyl (C=O) groups excluding carboxylic acids is 2. The molecule has 0 heterocycles. The van der Waals surface area contributed by atoms with E-state index in [9.17, 15) is 9.59 Å². The number of esters is 2. The first-order chi connectivity index (χ1) is 11.2. The van der Waals surface area contributed by atoms with Gasteiger partial charge in [-0.25, -0.2) is 0 Å². The van der Waals surface area contributed by atoms with Crippen molar-refractivity contribution >= 4 is 11.9 Å². The van der Waals surface area contributed by atoms with E-state index in [1.54, 1.807) is 0 Å². The van der Waals surface area contributed by atoms with Gasteiger partial charge in [0.1, 0.15) is 12.2 Å². The molecule has 4 heteroatoms. The van der Waals surface area contributed by atoms with Crippen LogP contribution in [-0.4, -0.2) is 24.1 Å². The molecule has 1 aliphatic rings. The first-order valence-corrected chi connectivity index (χ1v) is 9.58. The fraction of sp³-hybridized carbons (Fsp3) is 0.905. The summed E-state index contributed by atoms with van der Waals surface area (Å²) in [5.74, 6) is -0.500. The van der Waals surface area contributed by atoms with Crippen molar-refractivity contribution in [2.24, 2.45) is 16.2 Å². The van der Waals surface area contributed by atoms with E-state index >= 15 is 0 Å². The van der Waals surface area contributed by atoms with Crippen molar-refractivity contribution in [3.8, 4) is 0 Å². The van der Waals surface area contributed by atoms with Gasteiger partial charge in [0.25, 0.3) is 0 Å². The Morgan fingerprint density at radius 3 is 1.92 bits per heavy atom. The van der Waals surface area contributed by atoms with Crippen LogP contribution < -0.4 is 0 Å². The monoisotopic (exact) mass is 354 g/mol. The highest BCUT2D eigenvalue weighted by Gasteiger charge is 2.47. The van der Waals surface area contributed by atoms with Gasteiger partial charge >= 0.3 is 11.9 Å². The lowest BCUT2D eigenvalue weighted by molar-refractivity contribution is -0.168. The molecule has 0 bridgehead atoms. The number of carbonyl (C=O) groups is 2. The minimum atomic E-state index is -0.605. The lowest BCUT2D eigenvalue weighted by atomic mass is 9.61. The second kappa shape index (κ2) is 7.67. The van der Waals surface area contributed by atoms with Crippen LogP contribution in [0.3, 0.4) is 0 Å². The van der Waals surface area contributed by atoms with Crippen LogP contribution in [-0.2, 0) is 19.1 Å². The molecule has 0 aliphatic heterocycles. The molecule has 1 saturated carbocycles. The third-order valence-corrected chi connectivity index (χ3v) is 5.55. The number of hydrogen-bond donors (Lipinski definition) is 0. The smallest absolute Gasteiger partial charge is 0.312 e. The van der Waals surface area contributed by atoms with Gasteiger partial charge in [-0.05, 0) is 56.8 Å². The molecule has 146 valence electrons. The molecule has 1 fully saturated rings. The summed E-state index contributed by atoms with van der Waals surface area (Å²) < 4.78 is 11.1. The third-order valence-electron chi connectivity index (χ3n) is 5.55. The van der Waals surface area contributed by atoms with E-state index < -0.39 is 5.41 Å². The van der Waals surface area contributed by atoms with Crippen molar-refractivity contribution in [2.45, 2.75) is 99.5 Å². The highest BCUT2D eigenvalue weighted by atomic mass is 16.6. The standard InChI is InChI=1S/C21H38O4/c1-18(2,3)15-21(8,19(4,5)6)17(23)24-14-11-16(22)25-20(7)12-9-10-13-20/h9-15H2,1-8H3. The van der Waals surface area contributed by atoms with Gasteiger partial charge in [-0.1, -0.05) is 41.5 Å². The molecule has 1 aliphatic carbocycles. The van der Waals surface area contributed by atoms with Gasteiger partial charge in [-0.3, -0.25) is 9.59 Å². The first-order valence-electron chi connectivity index (χ1n) is 9.58. The van der Waals surface area contributed by atoms with E-state index in [-0.39, 0.29) is 41.4 Å². The largest absolute Gasteiger partial charge is 0.465 e. The molecule has 1 unspecified atom stereocenters. The maximum Gasteiger partial charge on any atom is 0.312 e. The van der Waals surface area contributed by atoms with Crippen molar-refractivity contribution in [1.82, 2.24) is 0 Å². The number of ether oxygens (including phenoxy) is 2. The second-order valence-corrected chi connectivity index (χ2v) is 10.3. The Hall–Kier alpha value is -1.06. The maximum absolute atomic E-state index is 12.8. The van der Waals surface area contributed by atoms with Crippen LogP contribution in [0.25, 0.3) is 0 Å². The van der Waals surface area contributed by atoms with E-state index in [1.165, 1.54) is 0 Å². The molecule has 0 aromatic rings. The van der Waals surface area contributed by atoms with Crippen LogP contribution in [0, 0.1) is 16.2 Å². The van der Waals surface area contributed by atoms with Gasteiger partial charge in [0, 0.05) is 0 Å². The summed E-state index contributed by atoms with van der Waals surface area (Å²) >= 11 is 0. The predicted octanol–water partition coefficient (Wildman–Crippen LogP) is 5.28. The summed E-state index contributed by atoms with van der Waals surface area (Å²) in [5, 5.41) is 0. The zero-order valence-electron chi connectivity index (χ0n) is 17.6. The summed E-state index contributed by atoms with van der Waals surface area (Å²) in [5.41, 5.74) is -1.15. The van der Waals surface area contributed by atoms with Gasteiger partial charge < -0.3 is 9.47 Å².